The van der Waals surface area contributed by atoms with E-state index in [1.165, 1.54) is 11.1 Å². The van der Waals surface area contributed by atoms with Crippen LogP contribution in [0, 0.1) is 0 Å². The van der Waals surface area contributed by atoms with Crippen LogP contribution in [0.4, 0.5) is 34.1 Å². The van der Waals surface area contributed by atoms with Crippen molar-refractivity contribution in [3.05, 3.63) is 261 Å². The molecule has 0 N–H and O–H groups in total. The minimum absolute atomic E-state index is 0.151. The van der Waals surface area contributed by atoms with Gasteiger partial charge in [-0.3, -0.25) is 0 Å². The Morgan fingerprint density at radius 3 is 1.10 bits per heavy atom. The first-order chi connectivity index (χ1) is 32.5. The Bertz CT molecular complexity index is 3330. The average molecular weight is 809 g/mol. The van der Waals surface area contributed by atoms with Gasteiger partial charge in [0.2, 0.25) is 0 Å². The lowest BCUT2D eigenvalue weighted by Crippen LogP contribution is -2.09. The Morgan fingerprint density at radius 2 is 0.635 bits per heavy atom. The number of hydrogen-bond acceptors (Lipinski definition) is 2. The molecule has 11 aromatic rings. The van der Waals surface area contributed by atoms with Gasteiger partial charge in [-0.15, -0.1) is 0 Å². The molecule has 298 valence electrons. The fourth-order valence-electron chi connectivity index (χ4n) is 8.69. The predicted molar refractivity (Wildman–Crippen MR) is 266 cm³/mol. The minimum Gasteiger partial charge on any atom is -0.311 e. The van der Waals surface area contributed by atoms with Crippen LogP contribution in [0.2, 0.25) is 0 Å². The fraction of sp³-hybridized carbons (Fsp3) is 0. The molecule has 0 saturated heterocycles. The van der Waals surface area contributed by atoms with Crippen LogP contribution in [0.3, 0.4) is 0 Å². The maximum atomic E-state index is 9.47. The van der Waals surface area contributed by atoms with Gasteiger partial charge in [-0.25, -0.2) is 0 Å². The molecule has 0 fully saturated rings. The molecule has 0 aliphatic carbocycles. The molecule has 0 radical (unpaired) electrons. The average Bonchev–Trinajstić information content (AvgIpc) is 3.67. The number of rotatable bonds is 10. The van der Waals surface area contributed by atoms with E-state index in [9.17, 15) is 1.37 Å². The number of aromatic nitrogens is 1. The van der Waals surface area contributed by atoms with Crippen LogP contribution in [0.25, 0.3) is 60.9 Å². The first-order valence-corrected chi connectivity index (χ1v) is 21.3. The van der Waals surface area contributed by atoms with Crippen LogP contribution in [0.5, 0.6) is 0 Å². The zero-order valence-electron chi connectivity index (χ0n) is 37.4. The summed E-state index contributed by atoms with van der Waals surface area (Å²) in [4.78, 5) is 4.50. The Hall–Kier alpha value is -8.40. The number of fused-ring (bicyclic) bond motifs is 3. The van der Waals surface area contributed by atoms with Crippen LogP contribution in [0.1, 0.15) is 4.11 Å². The molecule has 1 heterocycles. The Labute approximate surface area is 372 Å². The van der Waals surface area contributed by atoms with Crippen molar-refractivity contribution in [1.29, 1.82) is 0 Å². The summed E-state index contributed by atoms with van der Waals surface area (Å²) in [7, 11) is 0. The quantitative estimate of drug-likeness (QED) is 0.136. The molecule has 0 unspecified atom stereocenters. The molecule has 0 bridgehead atoms. The van der Waals surface area contributed by atoms with E-state index in [0.29, 0.717) is 6.04 Å². The zero-order valence-corrected chi connectivity index (χ0v) is 34.4. The molecule has 3 nitrogen and oxygen atoms in total. The van der Waals surface area contributed by atoms with Gasteiger partial charge in [0.15, 0.2) is 0 Å². The number of anilines is 6. The molecule has 10 aromatic carbocycles. The molecule has 11 rings (SSSR count). The smallest absolute Gasteiger partial charge is 0.0630 e. The summed E-state index contributed by atoms with van der Waals surface area (Å²) >= 11 is 0. The molecule has 0 atom stereocenters. The van der Waals surface area contributed by atoms with Gasteiger partial charge in [0.05, 0.1) is 15.1 Å². The molecule has 3 heteroatoms. The van der Waals surface area contributed by atoms with Crippen LogP contribution in [-0.2, 0) is 0 Å². The predicted octanol–water partition coefficient (Wildman–Crippen LogP) is 16.7. The summed E-state index contributed by atoms with van der Waals surface area (Å²) in [6.07, 6.45) is 0. The maximum absolute atomic E-state index is 9.47. The van der Waals surface area contributed by atoms with Crippen molar-refractivity contribution in [2.24, 2.45) is 0 Å². The second kappa shape index (κ2) is 16.6. The number of nitrogens with zero attached hydrogens (tertiary/aromatic N) is 3. The number of hydrogen-bond donors (Lipinski definition) is 0. The second-order valence-corrected chi connectivity index (χ2v) is 15.6. The lowest BCUT2D eigenvalue weighted by Gasteiger charge is -2.26. The van der Waals surface area contributed by atoms with Crippen molar-refractivity contribution >= 4 is 55.9 Å². The van der Waals surface area contributed by atoms with Crippen LogP contribution < -0.4 is 9.80 Å². The van der Waals surface area contributed by atoms with Gasteiger partial charge in [0.25, 0.3) is 0 Å². The highest BCUT2D eigenvalue weighted by Crippen LogP contribution is 2.40. The van der Waals surface area contributed by atoms with E-state index in [1.54, 1.807) is 12.1 Å². The van der Waals surface area contributed by atoms with Gasteiger partial charge in [-0.2, -0.15) is 0 Å². The Morgan fingerprint density at radius 1 is 0.286 bits per heavy atom. The van der Waals surface area contributed by atoms with Gasteiger partial charge in [-0.05, 0) is 137 Å². The molecule has 1 aromatic heterocycles. The summed E-state index contributed by atoms with van der Waals surface area (Å²) in [5.74, 6) is 0. The van der Waals surface area contributed by atoms with Crippen molar-refractivity contribution in [3.63, 3.8) is 0 Å². The normalized spacial score (nSPS) is 11.8. The standard InChI is InChI=1S/C60H43N3/c1-5-15-44(16-6-1)46-25-32-52(33-26-46)62(53-34-27-47(28-35-53)45-17-7-2-8-18-45)54-36-29-48(30-37-54)49-31-42-60-58(43-49)57-23-13-14-24-59(57)63(60)56-40-38-55(39-41-56)61(50-19-9-3-10-20-50)51-21-11-4-12-22-51/h1-43H/i13D,14D,31D. The van der Waals surface area contributed by atoms with Gasteiger partial charge >= 0.3 is 0 Å². The van der Waals surface area contributed by atoms with Gasteiger partial charge in [0, 0.05) is 50.6 Å². The van der Waals surface area contributed by atoms with Crippen LogP contribution >= 0.6 is 0 Å². The minimum atomic E-state index is 0.151. The maximum Gasteiger partial charge on any atom is 0.0630 e. The van der Waals surface area contributed by atoms with E-state index in [1.807, 2.05) is 54.6 Å². The molecule has 0 aliphatic rings. The van der Waals surface area contributed by atoms with E-state index < -0.39 is 0 Å². The van der Waals surface area contributed by atoms with E-state index in [2.05, 4.69) is 190 Å². The van der Waals surface area contributed by atoms with Crippen molar-refractivity contribution in [3.8, 4) is 39.1 Å². The molecule has 0 aliphatic heterocycles. The molecule has 63 heavy (non-hydrogen) atoms. The highest BCUT2D eigenvalue weighted by Gasteiger charge is 2.17. The summed E-state index contributed by atoms with van der Waals surface area (Å²) in [5, 5.41) is 1.79. The topological polar surface area (TPSA) is 11.4 Å². The van der Waals surface area contributed by atoms with Crippen molar-refractivity contribution in [2.45, 2.75) is 0 Å². The fourth-order valence-corrected chi connectivity index (χ4v) is 8.69. The van der Waals surface area contributed by atoms with E-state index in [0.717, 1.165) is 83.9 Å². The third-order valence-electron chi connectivity index (χ3n) is 11.8. The molecular weight excluding hydrogens is 763 g/mol. The lowest BCUT2D eigenvalue weighted by molar-refractivity contribution is 1.17. The largest absolute Gasteiger partial charge is 0.311 e. The van der Waals surface area contributed by atoms with Gasteiger partial charge in [0.1, 0.15) is 0 Å². The summed E-state index contributed by atoms with van der Waals surface area (Å²) in [6.45, 7) is 0. The van der Waals surface area contributed by atoms with Crippen LogP contribution in [0.15, 0.2) is 261 Å². The molecular formula is C60H43N3. The summed E-state index contributed by atoms with van der Waals surface area (Å²) < 4.78 is 28.9. The third kappa shape index (κ3) is 7.32. The van der Waals surface area contributed by atoms with Gasteiger partial charge < -0.3 is 14.4 Å². The summed E-state index contributed by atoms with van der Waals surface area (Å²) in [6, 6.07) is 84.0. The van der Waals surface area contributed by atoms with E-state index >= 15 is 0 Å². The highest BCUT2D eigenvalue weighted by atomic mass is 15.1. The number of benzene rings is 10. The second-order valence-electron chi connectivity index (χ2n) is 15.6. The van der Waals surface area contributed by atoms with Crippen molar-refractivity contribution < 1.29 is 4.11 Å². The first-order valence-electron chi connectivity index (χ1n) is 22.8. The Balaban J connectivity index is 0.976. The van der Waals surface area contributed by atoms with Crippen LogP contribution in [-0.4, -0.2) is 4.57 Å². The molecule has 0 saturated carbocycles. The third-order valence-corrected chi connectivity index (χ3v) is 11.8. The van der Waals surface area contributed by atoms with Crippen molar-refractivity contribution in [1.82, 2.24) is 4.57 Å². The van der Waals surface area contributed by atoms with Crippen molar-refractivity contribution in [2.75, 3.05) is 9.80 Å². The number of para-hydroxylation sites is 3. The first kappa shape index (κ1) is 34.3. The van der Waals surface area contributed by atoms with Gasteiger partial charge in [-0.1, -0.05) is 158 Å². The SMILES string of the molecule is [2H]c1cc2c3cc(-c4ccc(N(c5ccc(-c6ccccc6)cc5)c5ccc(-c6ccccc6)cc5)cc4)c([2H])cc3n(-c3ccc(N(c4ccccc4)c4ccccc4)cc3)c2cc1[2H]. The monoisotopic (exact) mass is 808 g/mol. The lowest BCUT2D eigenvalue weighted by atomic mass is 10.0. The zero-order chi connectivity index (χ0) is 44.6. The molecule has 0 spiro atoms. The highest BCUT2D eigenvalue weighted by molar-refractivity contribution is 6.10. The summed E-state index contributed by atoms with van der Waals surface area (Å²) in [5.41, 5.74) is 15.1. The van der Waals surface area contributed by atoms with E-state index in [4.69, 9.17) is 2.74 Å². The molecule has 0 amide bonds. The Kier molecular flexibility index (Phi) is 9.03. The van der Waals surface area contributed by atoms with E-state index in [-0.39, 0.29) is 12.1 Å².